The first-order valence-corrected chi connectivity index (χ1v) is 11.2. The molecule has 0 saturated heterocycles. The third kappa shape index (κ3) is 3.24. The van der Waals surface area contributed by atoms with Crippen molar-refractivity contribution in [3.8, 4) is 5.69 Å². The Kier molecular flexibility index (Phi) is 4.92. The fraction of sp³-hybridized carbons (Fsp3) is 0.0870. The minimum absolute atomic E-state index is 0.0933. The van der Waals surface area contributed by atoms with Gasteiger partial charge in [0, 0.05) is 10.2 Å². The van der Waals surface area contributed by atoms with Crippen LogP contribution in [-0.4, -0.2) is 19.2 Å². The molecule has 0 aliphatic carbocycles. The number of halogens is 1. The molecule has 0 fully saturated rings. The minimum Gasteiger partial charge on any atom is -0.268 e. The highest BCUT2D eigenvalue weighted by atomic mass is 79.9. The van der Waals surface area contributed by atoms with Crippen LogP contribution in [0, 0.1) is 6.92 Å². The van der Waals surface area contributed by atoms with Crippen LogP contribution in [0.2, 0.25) is 0 Å². The predicted octanol–water partition coefficient (Wildman–Crippen LogP) is 5.40. The third-order valence-electron chi connectivity index (χ3n) is 5.03. The molecule has 5 rings (SSSR count). The molecule has 0 aliphatic heterocycles. The van der Waals surface area contributed by atoms with E-state index in [4.69, 9.17) is 0 Å². The van der Waals surface area contributed by atoms with Crippen LogP contribution >= 0.6 is 27.7 Å². The van der Waals surface area contributed by atoms with Crippen molar-refractivity contribution in [2.24, 2.45) is 0 Å². The fourth-order valence-electron chi connectivity index (χ4n) is 3.53. The zero-order chi connectivity index (χ0) is 20.7. The van der Waals surface area contributed by atoms with E-state index >= 15 is 0 Å². The number of hydrogen-bond acceptors (Lipinski definition) is 4. The molecular formula is C23H17BrN4OS. The molecular weight excluding hydrogens is 460 g/mol. The van der Waals surface area contributed by atoms with Crippen molar-refractivity contribution in [1.82, 2.24) is 19.2 Å². The number of benzene rings is 3. The Balaban J connectivity index is 1.72. The van der Waals surface area contributed by atoms with Crippen LogP contribution < -0.4 is 5.56 Å². The highest BCUT2D eigenvalue weighted by Gasteiger charge is 2.18. The smallest absolute Gasteiger partial charge is 0.267 e. The van der Waals surface area contributed by atoms with E-state index in [1.54, 1.807) is 16.3 Å². The summed E-state index contributed by atoms with van der Waals surface area (Å²) >= 11 is 5.08. The standard InChI is InChI=1S/C23H17BrN4OS/c1-15-6-2-4-8-19(15)27-21(29)18-7-3-5-9-20(18)28-22(27)25-26-23(28)30-14-16-10-12-17(24)13-11-16/h2-13H,14H2,1H3. The van der Waals surface area contributed by atoms with E-state index in [2.05, 4.69) is 38.3 Å². The largest absolute Gasteiger partial charge is 0.268 e. The molecule has 0 atom stereocenters. The van der Waals surface area contributed by atoms with Gasteiger partial charge in [-0.2, -0.15) is 0 Å². The van der Waals surface area contributed by atoms with Crippen LogP contribution in [0.5, 0.6) is 0 Å². The summed E-state index contributed by atoms with van der Waals surface area (Å²) in [6.07, 6.45) is 0. The van der Waals surface area contributed by atoms with E-state index in [9.17, 15) is 4.79 Å². The first-order valence-electron chi connectivity index (χ1n) is 9.45. The second-order valence-corrected chi connectivity index (χ2v) is 8.84. The molecule has 5 aromatic rings. The first kappa shape index (κ1) is 19.1. The summed E-state index contributed by atoms with van der Waals surface area (Å²) < 4.78 is 4.69. The number of hydrogen-bond donors (Lipinski definition) is 0. The Morgan fingerprint density at radius 1 is 0.933 bits per heavy atom. The Morgan fingerprint density at radius 3 is 2.47 bits per heavy atom. The van der Waals surface area contributed by atoms with Crippen LogP contribution in [-0.2, 0) is 5.75 Å². The summed E-state index contributed by atoms with van der Waals surface area (Å²) in [5.41, 5.74) is 3.73. The second-order valence-electron chi connectivity index (χ2n) is 6.98. The summed E-state index contributed by atoms with van der Waals surface area (Å²) in [6.45, 7) is 1.99. The van der Waals surface area contributed by atoms with Gasteiger partial charge in [0.15, 0.2) is 5.16 Å². The number of aryl methyl sites for hydroxylation is 1. The summed E-state index contributed by atoms with van der Waals surface area (Å²) in [5.74, 6) is 1.28. The van der Waals surface area contributed by atoms with Crippen molar-refractivity contribution < 1.29 is 0 Å². The maximum Gasteiger partial charge on any atom is 0.267 e. The second kappa shape index (κ2) is 7.74. The average molecular weight is 477 g/mol. The van der Waals surface area contributed by atoms with Gasteiger partial charge in [0.25, 0.3) is 5.56 Å². The number of thioether (sulfide) groups is 1. The molecule has 0 amide bonds. The number of para-hydroxylation sites is 2. The molecule has 0 unspecified atom stereocenters. The topological polar surface area (TPSA) is 52.2 Å². The molecule has 5 nitrogen and oxygen atoms in total. The molecule has 0 aliphatic rings. The summed E-state index contributed by atoms with van der Waals surface area (Å²) in [5, 5.41) is 10.3. The molecule has 148 valence electrons. The highest BCUT2D eigenvalue weighted by Crippen LogP contribution is 2.26. The van der Waals surface area contributed by atoms with Crippen LogP contribution in [0.15, 0.2) is 87.2 Å². The van der Waals surface area contributed by atoms with E-state index in [0.29, 0.717) is 11.2 Å². The lowest BCUT2D eigenvalue weighted by Crippen LogP contribution is -2.22. The van der Waals surface area contributed by atoms with E-state index < -0.39 is 0 Å². The van der Waals surface area contributed by atoms with Gasteiger partial charge in [-0.05, 0) is 48.4 Å². The number of rotatable bonds is 4. The van der Waals surface area contributed by atoms with E-state index in [-0.39, 0.29) is 5.56 Å². The monoisotopic (exact) mass is 476 g/mol. The van der Waals surface area contributed by atoms with Crippen LogP contribution in [0.25, 0.3) is 22.4 Å². The van der Waals surface area contributed by atoms with Crippen molar-refractivity contribution in [1.29, 1.82) is 0 Å². The molecule has 0 N–H and O–H groups in total. The summed E-state index contributed by atoms with van der Waals surface area (Å²) in [7, 11) is 0. The van der Waals surface area contributed by atoms with Gasteiger partial charge in [0.05, 0.1) is 16.6 Å². The maximum atomic E-state index is 13.4. The minimum atomic E-state index is -0.0933. The van der Waals surface area contributed by atoms with Gasteiger partial charge in [-0.25, -0.2) is 4.57 Å². The fourth-order valence-corrected chi connectivity index (χ4v) is 4.69. The SMILES string of the molecule is Cc1ccccc1-n1c(=O)c2ccccc2n2c(SCc3ccc(Br)cc3)nnc12. The van der Waals surface area contributed by atoms with Gasteiger partial charge in [-0.15, -0.1) is 10.2 Å². The lowest BCUT2D eigenvalue weighted by Gasteiger charge is -2.13. The van der Waals surface area contributed by atoms with E-state index in [1.165, 1.54) is 5.56 Å². The molecule has 2 heterocycles. The lowest BCUT2D eigenvalue weighted by molar-refractivity contribution is 0.928. The van der Waals surface area contributed by atoms with Crippen molar-refractivity contribution in [3.63, 3.8) is 0 Å². The molecule has 0 spiro atoms. The van der Waals surface area contributed by atoms with Crippen LogP contribution in [0.3, 0.4) is 0 Å². The van der Waals surface area contributed by atoms with E-state index in [1.807, 2.05) is 72.0 Å². The van der Waals surface area contributed by atoms with Crippen LogP contribution in [0.1, 0.15) is 11.1 Å². The van der Waals surface area contributed by atoms with Crippen molar-refractivity contribution >= 4 is 44.4 Å². The lowest BCUT2D eigenvalue weighted by atomic mass is 10.2. The quantitative estimate of drug-likeness (QED) is 0.326. The first-order chi connectivity index (χ1) is 14.6. The van der Waals surface area contributed by atoms with Crippen LogP contribution in [0.4, 0.5) is 0 Å². The van der Waals surface area contributed by atoms with Crippen molar-refractivity contribution in [3.05, 3.63) is 98.7 Å². The Hall–Kier alpha value is -2.90. The van der Waals surface area contributed by atoms with Gasteiger partial charge in [-0.3, -0.25) is 9.20 Å². The molecule has 7 heteroatoms. The van der Waals surface area contributed by atoms with Gasteiger partial charge in [-0.1, -0.05) is 70.2 Å². The molecule has 3 aromatic carbocycles. The summed E-state index contributed by atoms with van der Waals surface area (Å²) in [4.78, 5) is 13.4. The Morgan fingerprint density at radius 2 is 1.67 bits per heavy atom. The zero-order valence-corrected chi connectivity index (χ0v) is 18.5. The third-order valence-corrected chi connectivity index (χ3v) is 6.56. The molecule has 30 heavy (non-hydrogen) atoms. The van der Waals surface area contributed by atoms with Gasteiger partial charge < -0.3 is 0 Å². The van der Waals surface area contributed by atoms with Gasteiger partial charge in [0.1, 0.15) is 0 Å². The molecule has 0 bridgehead atoms. The maximum absolute atomic E-state index is 13.4. The molecule has 0 saturated carbocycles. The highest BCUT2D eigenvalue weighted by molar-refractivity contribution is 9.10. The molecule has 2 aromatic heterocycles. The van der Waals surface area contributed by atoms with Crippen molar-refractivity contribution in [2.75, 3.05) is 0 Å². The average Bonchev–Trinajstić information content (AvgIpc) is 3.18. The predicted molar refractivity (Wildman–Crippen MR) is 125 cm³/mol. The molecule has 0 radical (unpaired) electrons. The number of aromatic nitrogens is 4. The summed E-state index contributed by atoms with van der Waals surface area (Å²) in [6, 6.07) is 23.7. The Bertz CT molecular complexity index is 1440. The zero-order valence-electron chi connectivity index (χ0n) is 16.1. The number of nitrogens with zero attached hydrogens (tertiary/aromatic N) is 4. The van der Waals surface area contributed by atoms with Gasteiger partial charge in [0.2, 0.25) is 5.78 Å². The number of fused-ring (bicyclic) bond motifs is 3. The van der Waals surface area contributed by atoms with Gasteiger partial charge >= 0.3 is 0 Å². The Labute approximate surface area is 185 Å². The van der Waals surface area contributed by atoms with E-state index in [0.717, 1.165) is 32.1 Å². The normalized spacial score (nSPS) is 11.4. The van der Waals surface area contributed by atoms with Crippen molar-refractivity contribution in [2.45, 2.75) is 17.8 Å².